The summed E-state index contributed by atoms with van der Waals surface area (Å²) < 4.78 is 0. The van der Waals surface area contributed by atoms with Crippen molar-refractivity contribution in [3.8, 4) is 6.07 Å². The van der Waals surface area contributed by atoms with Crippen molar-refractivity contribution in [1.82, 2.24) is 14.7 Å². The molecule has 0 saturated carbocycles. The zero-order chi connectivity index (χ0) is 19.6. The van der Waals surface area contributed by atoms with Crippen LogP contribution in [-0.4, -0.2) is 72.5 Å². The van der Waals surface area contributed by atoms with Gasteiger partial charge in [0.1, 0.15) is 0 Å². The van der Waals surface area contributed by atoms with E-state index in [1.54, 1.807) is 4.90 Å². The van der Waals surface area contributed by atoms with Gasteiger partial charge in [0.05, 0.1) is 19.0 Å². The maximum Gasteiger partial charge on any atom is 0.321 e. The fourth-order valence-corrected chi connectivity index (χ4v) is 3.20. The molecule has 27 heavy (non-hydrogen) atoms. The van der Waals surface area contributed by atoms with Crippen LogP contribution in [0.25, 0.3) is 0 Å². The molecule has 1 aromatic rings. The van der Waals surface area contributed by atoms with E-state index >= 15 is 0 Å². The maximum absolute atomic E-state index is 12.5. The van der Waals surface area contributed by atoms with E-state index in [0.717, 1.165) is 37.3 Å². The molecular formula is C20H29N5O2. The third-order valence-electron chi connectivity index (χ3n) is 4.84. The van der Waals surface area contributed by atoms with Gasteiger partial charge in [0.15, 0.2) is 0 Å². The first-order valence-electron chi connectivity index (χ1n) is 9.59. The fraction of sp³-hybridized carbons (Fsp3) is 0.550. The highest BCUT2D eigenvalue weighted by atomic mass is 16.2. The fourth-order valence-electron chi connectivity index (χ4n) is 3.20. The molecule has 1 heterocycles. The minimum atomic E-state index is -0.125. The minimum Gasteiger partial charge on any atom is -0.342 e. The zero-order valence-electron chi connectivity index (χ0n) is 16.3. The van der Waals surface area contributed by atoms with E-state index < -0.39 is 0 Å². The van der Waals surface area contributed by atoms with Gasteiger partial charge in [0, 0.05) is 45.0 Å². The number of urea groups is 1. The summed E-state index contributed by atoms with van der Waals surface area (Å²) >= 11 is 0. The number of rotatable bonds is 6. The van der Waals surface area contributed by atoms with Crippen LogP contribution in [0.2, 0.25) is 0 Å². The molecule has 0 unspecified atom stereocenters. The number of amides is 3. The smallest absolute Gasteiger partial charge is 0.321 e. The summed E-state index contributed by atoms with van der Waals surface area (Å²) in [6.07, 6.45) is 1.21. The van der Waals surface area contributed by atoms with Crippen molar-refractivity contribution in [1.29, 1.82) is 5.26 Å². The van der Waals surface area contributed by atoms with E-state index in [1.165, 1.54) is 0 Å². The number of nitrogens with one attached hydrogen (secondary N) is 1. The molecule has 7 heteroatoms. The largest absolute Gasteiger partial charge is 0.342 e. The van der Waals surface area contributed by atoms with Gasteiger partial charge in [0.2, 0.25) is 5.91 Å². The standard InChI is InChI=1S/C20H29N5O2/c1-3-24(4-2)19(26)16-23-12-5-13-25(15-14-23)20(27)22-18-8-6-17(7-9-18)10-11-21/h6-9H,3-5,10,12-16H2,1-2H3,(H,22,27). The summed E-state index contributed by atoms with van der Waals surface area (Å²) in [6.45, 7) is 8.64. The highest BCUT2D eigenvalue weighted by molar-refractivity contribution is 5.89. The lowest BCUT2D eigenvalue weighted by Gasteiger charge is -2.25. The summed E-state index contributed by atoms with van der Waals surface area (Å²) in [7, 11) is 0. The number of hydrogen-bond acceptors (Lipinski definition) is 4. The highest BCUT2D eigenvalue weighted by Crippen LogP contribution is 2.12. The summed E-state index contributed by atoms with van der Waals surface area (Å²) in [5, 5.41) is 11.6. The lowest BCUT2D eigenvalue weighted by atomic mass is 10.1. The Kier molecular flexibility index (Phi) is 8.08. The quantitative estimate of drug-likeness (QED) is 0.831. The van der Waals surface area contributed by atoms with Gasteiger partial charge in [-0.2, -0.15) is 5.26 Å². The molecule has 7 nitrogen and oxygen atoms in total. The molecule has 0 spiro atoms. The normalized spacial score (nSPS) is 14.9. The zero-order valence-corrected chi connectivity index (χ0v) is 16.3. The molecule has 1 aliphatic heterocycles. The van der Waals surface area contributed by atoms with Gasteiger partial charge in [-0.15, -0.1) is 0 Å². The first-order chi connectivity index (χ1) is 13.1. The van der Waals surface area contributed by atoms with E-state index in [0.29, 0.717) is 32.6 Å². The second-order valence-electron chi connectivity index (χ2n) is 6.64. The number of hydrogen-bond donors (Lipinski definition) is 1. The minimum absolute atomic E-state index is 0.125. The van der Waals surface area contributed by atoms with Crippen LogP contribution in [0.5, 0.6) is 0 Å². The molecule has 1 aliphatic rings. The topological polar surface area (TPSA) is 79.7 Å². The van der Waals surface area contributed by atoms with Crippen LogP contribution in [0.1, 0.15) is 25.8 Å². The second-order valence-corrected chi connectivity index (χ2v) is 6.64. The Hall–Kier alpha value is -2.59. The molecule has 1 fully saturated rings. The van der Waals surface area contributed by atoms with E-state index in [4.69, 9.17) is 5.26 Å². The van der Waals surface area contributed by atoms with Crippen LogP contribution in [0.3, 0.4) is 0 Å². The van der Waals surface area contributed by atoms with Gasteiger partial charge < -0.3 is 15.1 Å². The van der Waals surface area contributed by atoms with Crippen molar-refractivity contribution < 1.29 is 9.59 Å². The monoisotopic (exact) mass is 371 g/mol. The van der Waals surface area contributed by atoms with Crippen LogP contribution in [0.15, 0.2) is 24.3 Å². The number of carbonyl (C=O) groups excluding carboxylic acids is 2. The van der Waals surface area contributed by atoms with Crippen molar-refractivity contribution in [2.75, 3.05) is 51.1 Å². The highest BCUT2D eigenvalue weighted by Gasteiger charge is 2.21. The second kappa shape index (κ2) is 10.5. The molecule has 1 N–H and O–H groups in total. The van der Waals surface area contributed by atoms with Crippen molar-refractivity contribution >= 4 is 17.6 Å². The first-order valence-corrected chi connectivity index (χ1v) is 9.59. The number of nitriles is 1. The Labute approximate surface area is 161 Å². The van der Waals surface area contributed by atoms with Crippen LogP contribution < -0.4 is 5.32 Å². The third-order valence-corrected chi connectivity index (χ3v) is 4.84. The molecule has 1 saturated heterocycles. The third kappa shape index (κ3) is 6.26. The Morgan fingerprint density at radius 3 is 2.44 bits per heavy atom. The lowest BCUT2D eigenvalue weighted by Crippen LogP contribution is -2.42. The predicted octanol–water partition coefficient (Wildman–Crippen LogP) is 2.16. The Morgan fingerprint density at radius 2 is 1.81 bits per heavy atom. The van der Waals surface area contributed by atoms with Crippen molar-refractivity contribution in [2.24, 2.45) is 0 Å². The molecule has 0 aliphatic carbocycles. The molecule has 1 aromatic carbocycles. The van der Waals surface area contributed by atoms with E-state index in [2.05, 4.69) is 16.3 Å². The first kappa shape index (κ1) is 20.7. The van der Waals surface area contributed by atoms with Crippen LogP contribution in [0, 0.1) is 11.3 Å². The molecule has 0 atom stereocenters. The SMILES string of the molecule is CCN(CC)C(=O)CN1CCCN(C(=O)Nc2ccc(CC#N)cc2)CC1. The average molecular weight is 371 g/mol. The Balaban J connectivity index is 1.85. The van der Waals surface area contributed by atoms with Crippen molar-refractivity contribution in [3.05, 3.63) is 29.8 Å². The van der Waals surface area contributed by atoms with Gasteiger partial charge in [-0.05, 0) is 38.0 Å². The van der Waals surface area contributed by atoms with Crippen molar-refractivity contribution in [3.63, 3.8) is 0 Å². The summed E-state index contributed by atoms with van der Waals surface area (Å²) in [5.41, 5.74) is 1.65. The van der Waals surface area contributed by atoms with Crippen LogP contribution >= 0.6 is 0 Å². The van der Waals surface area contributed by atoms with Gasteiger partial charge in [-0.1, -0.05) is 12.1 Å². The number of nitrogens with zero attached hydrogens (tertiary/aromatic N) is 4. The summed E-state index contributed by atoms with van der Waals surface area (Å²) in [6, 6.07) is 9.31. The van der Waals surface area contributed by atoms with E-state index in [1.807, 2.05) is 43.0 Å². The van der Waals surface area contributed by atoms with Crippen LogP contribution in [0.4, 0.5) is 10.5 Å². The average Bonchev–Trinajstić information content (AvgIpc) is 2.90. The Morgan fingerprint density at radius 1 is 1.11 bits per heavy atom. The molecule has 0 bridgehead atoms. The van der Waals surface area contributed by atoms with Crippen molar-refractivity contribution in [2.45, 2.75) is 26.7 Å². The number of anilines is 1. The number of benzene rings is 1. The molecular weight excluding hydrogens is 342 g/mol. The van der Waals surface area contributed by atoms with Gasteiger partial charge >= 0.3 is 6.03 Å². The van der Waals surface area contributed by atoms with Gasteiger partial charge in [-0.25, -0.2) is 4.79 Å². The van der Waals surface area contributed by atoms with Gasteiger partial charge in [0.25, 0.3) is 0 Å². The predicted molar refractivity (Wildman–Crippen MR) is 105 cm³/mol. The van der Waals surface area contributed by atoms with E-state index in [-0.39, 0.29) is 11.9 Å². The molecule has 0 aromatic heterocycles. The number of carbonyl (C=O) groups is 2. The van der Waals surface area contributed by atoms with Gasteiger partial charge in [-0.3, -0.25) is 9.69 Å². The molecule has 2 rings (SSSR count). The maximum atomic E-state index is 12.5. The van der Waals surface area contributed by atoms with E-state index in [9.17, 15) is 9.59 Å². The summed E-state index contributed by atoms with van der Waals surface area (Å²) in [5.74, 6) is 0.148. The number of likely N-dealkylation sites (N-methyl/N-ethyl adjacent to an activating group) is 1. The lowest BCUT2D eigenvalue weighted by molar-refractivity contribution is -0.132. The Bertz CT molecular complexity index is 664. The molecule has 0 radical (unpaired) electrons. The molecule has 3 amide bonds. The summed E-state index contributed by atoms with van der Waals surface area (Å²) in [4.78, 5) is 30.6. The van der Waals surface area contributed by atoms with Crippen LogP contribution in [-0.2, 0) is 11.2 Å². The molecule has 146 valence electrons.